The summed E-state index contributed by atoms with van der Waals surface area (Å²) in [6.07, 6.45) is -0.244. The molecule has 0 bridgehead atoms. The van der Waals surface area contributed by atoms with Crippen LogP contribution in [0.2, 0.25) is 0 Å². The van der Waals surface area contributed by atoms with E-state index in [4.69, 9.17) is 0 Å². The third kappa shape index (κ3) is 6.76. The molecule has 2 aromatic carbocycles. The smallest absolute Gasteiger partial charge is 0.376 e. The maximum atomic E-state index is 12.9. The van der Waals surface area contributed by atoms with Gasteiger partial charge in [-0.05, 0) is 24.0 Å². The minimum absolute atomic E-state index is 0. The molecule has 2 aliphatic rings. The van der Waals surface area contributed by atoms with Gasteiger partial charge in [0.2, 0.25) is 11.8 Å². The molecule has 1 radical (unpaired) electrons. The molecule has 2 aliphatic heterocycles. The topological polar surface area (TPSA) is 74.8 Å². The van der Waals surface area contributed by atoms with Gasteiger partial charge < -0.3 is 20.9 Å². The Balaban J connectivity index is 0.000000330. The summed E-state index contributed by atoms with van der Waals surface area (Å²) in [5, 5.41) is 0. The van der Waals surface area contributed by atoms with Crippen LogP contribution in [0.4, 0.5) is 13.2 Å². The van der Waals surface area contributed by atoms with E-state index in [2.05, 4.69) is 0 Å². The van der Waals surface area contributed by atoms with Crippen LogP contribution in [0.15, 0.2) is 54.6 Å². The number of rotatable bonds is 4. The largest absolute Gasteiger partial charge is 2.00 e. The van der Waals surface area contributed by atoms with Crippen LogP contribution < -0.4 is 0 Å². The fourth-order valence-corrected chi connectivity index (χ4v) is 4.87. The van der Waals surface area contributed by atoms with E-state index >= 15 is 0 Å². The number of piperidine rings is 1. The third-order valence-corrected chi connectivity index (χ3v) is 6.74. The van der Waals surface area contributed by atoms with Crippen molar-refractivity contribution in [2.75, 3.05) is 20.1 Å². The molecule has 3 amide bonds. The van der Waals surface area contributed by atoms with E-state index in [9.17, 15) is 32.3 Å². The Morgan fingerprint density at radius 2 is 1.66 bits per heavy atom. The zero-order valence-electron chi connectivity index (χ0n) is 21.4. The van der Waals surface area contributed by atoms with Crippen LogP contribution in [0, 0.1) is 17.8 Å². The van der Waals surface area contributed by atoms with E-state index in [0.29, 0.717) is 25.9 Å². The molecule has 10 heteroatoms. The van der Waals surface area contributed by atoms with Gasteiger partial charge in [-0.2, -0.15) is 30.7 Å². The van der Waals surface area contributed by atoms with Gasteiger partial charge in [0, 0.05) is 20.1 Å². The molecular formula is C28H29F3N2NbO4. The summed E-state index contributed by atoms with van der Waals surface area (Å²) in [6.45, 7) is 4.97. The Morgan fingerprint density at radius 1 is 1.05 bits per heavy atom. The van der Waals surface area contributed by atoms with Crippen molar-refractivity contribution in [3.05, 3.63) is 77.7 Å². The molecule has 2 aromatic rings. The summed E-state index contributed by atoms with van der Waals surface area (Å²) >= 11 is 0. The van der Waals surface area contributed by atoms with Crippen molar-refractivity contribution in [2.45, 2.75) is 38.8 Å². The van der Waals surface area contributed by atoms with Gasteiger partial charge >= 0.3 is 28.6 Å². The minimum atomic E-state index is -4.40. The number of alkyl halides is 3. The van der Waals surface area contributed by atoms with Crippen LogP contribution in [0.1, 0.15) is 49.3 Å². The minimum Gasteiger partial charge on any atom is -0.376 e. The molecule has 0 aromatic heterocycles. The fraction of sp³-hybridized carbons (Fsp3) is 0.393. The van der Waals surface area contributed by atoms with Crippen molar-refractivity contribution in [3.8, 4) is 0 Å². The maximum absolute atomic E-state index is 12.9. The van der Waals surface area contributed by atoms with Crippen LogP contribution in [0.25, 0.3) is 0 Å². The number of likely N-dealkylation sites (tertiary alicyclic amines) is 2. The van der Waals surface area contributed by atoms with E-state index in [1.807, 2.05) is 44.2 Å². The molecule has 6 nitrogen and oxygen atoms in total. The molecule has 0 aliphatic carbocycles. The van der Waals surface area contributed by atoms with Gasteiger partial charge in [-0.25, -0.2) is 0 Å². The Labute approximate surface area is 236 Å². The number of imide groups is 1. The molecule has 0 saturated carbocycles. The van der Waals surface area contributed by atoms with Gasteiger partial charge in [-0.15, -0.1) is 12.1 Å². The average molecular weight is 607 g/mol. The Hall–Kier alpha value is -2.88. The van der Waals surface area contributed by atoms with Gasteiger partial charge in [0.05, 0.1) is 23.5 Å². The second kappa shape index (κ2) is 12.8. The van der Waals surface area contributed by atoms with Gasteiger partial charge in [0.1, 0.15) is 0 Å². The number of hydrogen-bond acceptors (Lipinski definition) is 4. The van der Waals surface area contributed by atoms with Crippen LogP contribution in [0.5, 0.6) is 0 Å². The molecule has 2 saturated heterocycles. The van der Waals surface area contributed by atoms with Crippen molar-refractivity contribution < 1.29 is 54.7 Å². The molecule has 38 heavy (non-hydrogen) atoms. The van der Waals surface area contributed by atoms with E-state index in [1.54, 1.807) is 18.4 Å². The molecule has 201 valence electrons. The molecule has 1 spiro atoms. The first-order valence-electron chi connectivity index (χ1n) is 12.0. The number of amides is 3. The van der Waals surface area contributed by atoms with Crippen molar-refractivity contribution in [3.63, 3.8) is 0 Å². The van der Waals surface area contributed by atoms with Crippen LogP contribution in [-0.4, -0.2) is 53.9 Å². The Morgan fingerprint density at radius 3 is 2.18 bits per heavy atom. The van der Waals surface area contributed by atoms with Gasteiger partial charge in [-0.3, -0.25) is 14.5 Å². The second-order valence-electron chi connectivity index (χ2n) is 9.62. The summed E-state index contributed by atoms with van der Waals surface area (Å²) in [6, 6.07) is 13.6. The van der Waals surface area contributed by atoms with Gasteiger partial charge in [-0.1, -0.05) is 50.2 Å². The summed E-state index contributed by atoms with van der Waals surface area (Å²) in [4.78, 5) is 51.0. The normalized spacial score (nSPS) is 18.6. The van der Waals surface area contributed by atoms with Gasteiger partial charge in [0.25, 0.3) is 0 Å². The molecule has 2 fully saturated rings. The number of hydrogen-bond donors (Lipinski definition) is 0. The standard InChI is InChI=1S/C20H25N2O3.C8H4F3O.Nb/c1-14(2)13-16(23)22-11-9-20(10-12-22)17(15-7-5-4-6-8-15)18(24)21(3)19(20)25;9-8(10,11)7-3-1-2-6(4-7)5-12;/h4-8,13-14,17H,9-12H2,1-3H3;1-4H;/q2*-1;+2. The van der Waals surface area contributed by atoms with Crippen molar-refractivity contribution >= 4 is 24.0 Å². The third-order valence-electron chi connectivity index (χ3n) is 6.74. The average Bonchev–Trinajstić information content (AvgIpc) is 3.05. The Kier molecular flexibility index (Phi) is 10.5. The molecule has 0 N–H and O–H groups in total. The van der Waals surface area contributed by atoms with Crippen LogP contribution in [-0.2, 0) is 47.7 Å². The number of carbonyl (C=O) groups excluding carboxylic acids is 4. The number of benzene rings is 2. The zero-order valence-corrected chi connectivity index (χ0v) is 23.6. The summed E-state index contributed by atoms with van der Waals surface area (Å²) in [7, 11) is 1.57. The predicted octanol–water partition coefficient (Wildman–Crippen LogP) is 4.40. The maximum Gasteiger partial charge on any atom is 2.00 e. The first kappa shape index (κ1) is 31.3. The summed E-state index contributed by atoms with van der Waals surface area (Å²) in [5.74, 6) is -0.471. The molecule has 1 unspecified atom stereocenters. The van der Waals surface area contributed by atoms with Crippen LogP contribution in [0.3, 0.4) is 0 Å². The Bertz CT molecular complexity index is 1150. The fourth-order valence-electron chi connectivity index (χ4n) is 4.87. The van der Waals surface area contributed by atoms with E-state index in [0.717, 1.165) is 17.7 Å². The second-order valence-corrected chi connectivity index (χ2v) is 9.62. The predicted molar refractivity (Wildman–Crippen MR) is 131 cm³/mol. The first-order chi connectivity index (χ1) is 17.4. The van der Waals surface area contributed by atoms with Crippen molar-refractivity contribution in [2.24, 2.45) is 11.3 Å². The molecule has 4 rings (SSSR count). The summed E-state index contributed by atoms with van der Waals surface area (Å²) < 4.78 is 35.9. The van der Waals surface area contributed by atoms with E-state index in [-0.39, 0.29) is 51.6 Å². The number of nitrogens with zero attached hydrogens (tertiary/aromatic N) is 2. The first-order valence-corrected chi connectivity index (χ1v) is 12.0. The van der Waals surface area contributed by atoms with Crippen molar-refractivity contribution in [1.29, 1.82) is 0 Å². The zero-order chi connectivity index (χ0) is 27.4. The monoisotopic (exact) mass is 607 g/mol. The number of likely N-dealkylation sites (N-methyl/N-ethyl adjacent to an activating group) is 1. The van der Waals surface area contributed by atoms with E-state index < -0.39 is 23.1 Å². The quantitative estimate of drug-likeness (QED) is 0.294. The van der Waals surface area contributed by atoms with E-state index in [1.165, 1.54) is 23.3 Å². The molecule has 1 atom stereocenters. The summed E-state index contributed by atoms with van der Waals surface area (Å²) in [5.41, 5.74) is -0.756. The number of carbonyl (C=O) groups is 3. The SMILES string of the molecule is CC(C)[CH-]C(=O)N1CCC2(CC1)C(=O)N(C)C(=O)C2c1ccccc1.O=[C-]c1cccc(C(F)(F)F)c1.[Nb+2]. The van der Waals surface area contributed by atoms with Crippen molar-refractivity contribution in [1.82, 2.24) is 9.80 Å². The molecule has 2 heterocycles. The number of halogens is 3. The van der Waals surface area contributed by atoms with Gasteiger partial charge in [0.15, 0.2) is 0 Å². The van der Waals surface area contributed by atoms with Crippen LogP contribution >= 0.6 is 0 Å². The molecular weight excluding hydrogens is 578 g/mol.